The molecule has 0 amide bonds. The summed E-state index contributed by atoms with van der Waals surface area (Å²) in [4.78, 5) is 16.4. The number of benzene rings is 1. The lowest BCUT2D eigenvalue weighted by molar-refractivity contribution is -0.149. The lowest BCUT2D eigenvalue weighted by Gasteiger charge is -2.25. The van der Waals surface area contributed by atoms with Crippen molar-refractivity contribution in [2.75, 3.05) is 46.4 Å². The molecule has 0 aliphatic carbocycles. The summed E-state index contributed by atoms with van der Waals surface area (Å²) in [7, 11) is 1.66. The summed E-state index contributed by atoms with van der Waals surface area (Å²) in [5.74, 6) is -0.772. The topological polar surface area (TPSA) is 53.0 Å². The molecule has 0 unspecified atom stereocenters. The molecule has 132 valence electrons. The number of ether oxygens (including phenoxy) is 1. The number of rotatable bonds is 6. The highest BCUT2D eigenvalue weighted by Crippen LogP contribution is 2.43. The number of aryl methyl sites for hydroxylation is 1. The predicted octanol–water partition coefficient (Wildman–Crippen LogP) is 1.60. The number of nitrogens with zero attached hydrogens (tertiary/aromatic N) is 2. The predicted molar refractivity (Wildman–Crippen MR) is 88.3 cm³/mol. The van der Waals surface area contributed by atoms with Gasteiger partial charge in [-0.15, -0.1) is 0 Å². The Morgan fingerprint density at radius 3 is 2.71 bits per heavy atom. The van der Waals surface area contributed by atoms with E-state index in [9.17, 15) is 14.3 Å². The van der Waals surface area contributed by atoms with Gasteiger partial charge in [-0.2, -0.15) is 0 Å². The van der Waals surface area contributed by atoms with E-state index < -0.39 is 11.4 Å². The van der Waals surface area contributed by atoms with E-state index in [4.69, 9.17) is 4.74 Å². The number of carboxylic acid groups (broad SMARTS) is 1. The van der Waals surface area contributed by atoms with Crippen LogP contribution in [-0.4, -0.2) is 67.3 Å². The summed E-state index contributed by atoms with van der Waals surface area (Å²) in [5, 5.41) is 9.85. The van der Waals surface area contributed by atoms with Crippen LogP contribution < -0.4 is 0 Å². The smallest absolute Gasteiger partial charge is 0.312 e. The molecule has 1 aromatic rings. The average Bonchev–Trinajstić information content (AvgIpc) is 3.03. The van der Waals surface area contributed by atoms with Crippen LogP contribution >= 0.6 is 0 Å². The molecule has 0 bridgehead atoms. The fourth-order valence-electron chi connectivity index (χ4n) is 4.15. The van der Waals surface area contributed by atoms with Crippen molar-refractivity contribution in [2.45, 2.75) is 13.5 Å². The Bertz CT molecular complexity index is 624. The fraction of sp³-hybridized carbons (Fsp3) is 0.611. The summed E-state index contributed by atoms with van der Waals surface area (Å²) < 4.78 is 18.5. The molecular formula is C18H25FN2O3. The minimum absolute atomic E-state index is 0.133. The van der Waals surface area contributed by atoms with Crippen LogP contribution in [0.15, 0.2) is 18.2 Å². The molecule has 2 heterocycles. The SMILES string of the molecule is COCCN1C[C@H]2CN(Cc3ccc(F)c(C)c3)C[C@@]2(C(=O)O)C1. The van der Waals surface area contributed by atoms with Crippen molar-refractivity contribution in [1.29, 1.82) is 0 Å². The van der Waals surface area contributed by atoms with Gasteiger partial charge in [-0.25, -0.2) is 4.39 Å². The first-order valence-corrected chi connectivity index (χ1v) is 8.36. The molecule has 3 rings (SSSR count). The molecule has 2 saturated heterocycles. The second-order valence-corrected chi connectivity index (χ2v) is 7.14. The Morgan fingerprint density at radius 1 is 1.38 bits per heavy atom. The van der Waals surface area contributed by atoms with E-state index in [0.29, 0.717) is 31.8 Å². The third kappa shape index (κ3) is 3.18. The van der Waals surface area contributed by atoms with Gasteiger partial charge >= 0.3 is 5.97 Å². The van der Waals surface area contributed by atoms with Crippen molar-refractivity contribution in [3.8, 4) is 0 Å². The van der Waals surface area contributed by atoms with Gasteiger partial charge in [0, 0.05) is 52.3 Å². The normalized spacial score (nSPS) is 27.5. The summed E-state index contributed by atoms with van der Waals surface area (Å²) in [5.41, 5.74) is 0.972. The number of carboxylic acids is 1. The zero-order valence-corrected chi connectivity index (χ0v) is 14.3. The summed E-state index contributed by atoms with van der Waals surface area (Å²) in [6, 6.07) is 5.12. The molecule has 6 heteroatoms. The Hall–Kier alpha value is -1.50. The van der Waals surface area contributed by atoms with Crippen LogP contribution in [0.25, 0.3) is 0 Å². The first-order chi connectivity index (χ1) is 11.4. The third-order valence-corrected chi connectivity index (χ3v) is 5.42. The van der Waals surface area contributed by atoms with Crippen LogP contribution in [0.2, 0.25) is 0 Å². The van der Waals surface area contributed by atoms with Gasteiger partial charge in [0.15, 0.2) is 0 Å². The summed E-state index contributed by atoms with van der Waals surface area (Å²) in [6.45, 7) is 6.53. The minimum atomic E-state index is -0.704. The molecular weight excluding hydrogens is 311 g/mol. The number of fused-ring (bicyclic) bond motifs is 1. The van der Waals surface area contributed by atoms with Crippen molar-refractivity contribution in [1.82, 2.24) is 9.80 Å². The maximum atomic E-state index is 13.4. The van der Waals surface area contributed by atoms with Gasteiger partial charge in [-0.1, -0.05) is 12.1 Å². The van der Waals surface area contributed by atoms with Gasteiger partial charge < -0.3 is 9.84 Å². The largest absolute Gasteiger partial charge is 0.481 e. The average molecular weight is 336 g/mol. The van der Waals surface area contributed by atoms with Crippen LogP contribution in [0.5, 0.6) is 0 Å². The molecule has 5 nitrogen and oxygen atoms in total. The first kappa shape index (κ1) is 17.3. The molecule has 2 aliphatic rings. The van der Waals surface area contributed by atoms with Crippen LogP contribution in [-0.2, 0) is 16.1 Å². The number of likely N-dealkylation sites (tertiary alicyclic amines) is 2. The molecule has 2 aliphatic heterocycles. The maximum absolute atomic E-state index is 13.4. The van der Waals surface area contributed by atoms with Crippen LogP contribution in [0, 0.1) is 24.1 Å². The molecule has 1 N–H and O–H groups in total. The number of hydrogen-bond acceptors (Lipinski definition) is 4. The van der Waals surface area contributed by atoms with E-state index in [0.717, 1.165) is 25.2 Å². The highest BCUT2D eigenvalue weighted by atomic mass is 19.1. The molecule has 2 atom stereocenters. The van der Waals surface area contributed by atoms with E-state index in [1.54, 1.807) is 20.1 Å². The quantitative estimate of drug-likeness (QED) is 0.855. The number of hydrogen-bond donors (Lipinski definition) is 1. The number of carbonyl (C=O) groups is 1. The minimum Gasteiger partial charge on any atom is -0.481 e. The highest BCUT2D eigenvalue weighted by Gasteiger charge is 2.57. The number of halogens is 1. The van der Waals surface area contributed by atoms with E-state index in [-0.39, 0.29) is 11.7 Å². The molecule has 1 aromatic carbocycles. The Morgan fingerprint density at radius 2 is 2.08 bits per heavy atom. The lowest BCUT2D eigenvalue weighted by Crippen LogP contribution is -2.41. The Balaban J connectivity index is 1.68. The molecule has 24 heavy (non-hydrogen) atoms. The van der Waals surface area contributed by atoms with Crippen molar-refractivity contribution in [3.63, 3.8) is 0 Å². The van der Waals surface area contributed by atoms with Gasteiger partial charge in [-0.3, -0.25) is 14.6 Å². The van der Waals surface area contributed by atoms with Gasteiger partial charge in [-0.05, 0) is 24.1 Å². The van der Waals surface area contributed by atoms with E-state index in [1.165, 1.54) is 6.07 Å². The number of methoxy groups -OCH3 is 1. The zero-order chi connectivity index (χ0) is 17.3. The molecule has 0 saturated carbocycles. The van der Waals surface area contributed by atoms with Crippen LogP contribution in [0.3, 0.4) is 0 Å². The van der Waals surface area contributed by atoms with Crippen molar-refractivity contribution >= 4 is 5.97 Å². The van der Waals surface area contributed by atoms with E-state index >= 15 is 0 Å². The van der Waals surface area contributed by atoms with Gasteiger partial charge in [0.25, 0.3) is 0 Å². The molecule has 0 radical (unpaired) electrons. The fourth-order valence-corrected chi connectivity index (χ4v) is 4.15. The van der Waals surface area contributed by atoms with Gasteiger partial charge in [0.2, 0.25) is 0 Å². The van der Waals surface area contributed by atoms with Crippen molar-refractivity contribution in [3.05, 3.63) is 35.1 Å². The standard InChI is InChI=1S/C18H25FN2O3/c1-13-7-14(3-4-16(13)19)8-21-10-15-9-20(5-6-24-2)11-18(15,12-21)17(22)23/h3-4,7,15H,5-6,8-12H2,1-2H3,(H,22,23)/t15-,18-/m0/s1. The Kier molecular flexibility index (Phi) is 4.90. The zero-order valence-electron chi connectivity index (χ0n) is 14.3. The monoisotopic (exact) mass is 336 g/mol. The highest BCUT2D eigenvalue weighted by molar-refractivity contribution is 5.77. The molecule has 2 fully saturated rings. The number of aliphatic carboxylic acids is 1. The molecule has 0 aromatic heterocycles. The van der Waals surface area contributed by atoms with Crippen molar-refractivity contribution < 1.29 is 19.0 Å². The second-order valence-electron chi connectivity index (χ2n) is 7.14. The Labute approximate surface area is 142 Å². The lowest BCUT2D eigenvalue weighted by atomic mass is 9.81. The van der Waals surface area contributed by atoms with E-state index in [1.807, 2.05) is 6.07 Å². The van der Waals surface area contributed by atoms with Crippen LogP contribution in [0.1, 0.15) is 11.1 Å². The maximum Gasteiger partial charge on any atom is 0.312 e. The molecule has 0 spiro atoms. The second kappa shape index (κ2) is 6.78. The summed E-state index contributed by atoms with van der Waals surface area (Å²) in [6.07, 6.45) is 0. The third-order valence-electron chi connectivity index (χ3n) is 5.42. The summed E-state index contributed by atoms with van der Waals surface area (Å²) >= 11 is 0. The first-order valence-electron chi connectivity index (χ1n) is 8.36. The van der Waals surface area contributed by atoms with Gasteiger partial charge in [0.1, 0.15) is 5.82 Å². The van der Waals surface area contributed by atoms with Gasteiger partial charge in [0.05, 0.1) is 12.0 Å². The van der Waals surface area contributed by atoms with Crippen molar-refractivity contribution in [2.24, 2.45) is 11.3 Å². The van der Waals surface area contributed by atoms with E-state index in [2.05, 4.69) is 9.80 Å². The van der Waals surface area contributed by atoms with Crippen LogP contribution in [0.4, 0.5) is 4.39 Å².